The van der Waals surface area contributed by atoms with Gasteiger partial charge in [-0.25, -0.2) is 4.79 Å². The summed E-state index contributed by atoms with van der Waals surface area (Å²) in [6, 6.07) is 9.19. The molecule has 2 N–H and O–H groups in total. The van der Waals surface area contributed by atoms with Crippen molar-refractivity contribution in [3.8, 4) is 0 Å². The summed E-state index contributed by atoms with van der Waals surface area (Å²) in [5.41, 5.74) is 1.83. The number of rotatable bonds is 3. The van der Waals surface area contributed by atoms with Gasteiger partial charge in [-0.3, -0.25) is 5.32 Å². The van der Waals surface area contributed by atoms with Crippen LogP contribution in [0.1, 0.15) is 51.9 Å². The first-order chi connectivity index (χ1) is 10.3. The number of urea groups is 1. The molecule has 0 aliphatic rings. The van der Waals surface area contributed by atoms with Crippen molar-refractivity contribution in [3.05, 3.63) is 41.7 Å². The summed E-state index contributed by atoms with van der Waals surface area (Å²) in [4.78, 5) is 12.0. The molecule has 2 rings (SSSR count). The Bertz CT molecular complexity index is 637. The second-order valence-corrected chi connectivity index (χ2v) is 6.68. The summed E-state index contributed by atoms with van der Waals surface area (Å²) in [5.74, 6) is 1.60. The SMILES string of the molecule is CC(C)c1ccc(NC(=O)Nc2cc(C(C)(C)C)on2)cc1. The molecule has 0 spiro atoms. The van der Waals surface area contributed by atoms with Gasteiger partial charge >= 0.3 is 6.03 Å². The van der Waals surface area contributed by atoms with E-state index < -0.39 is 0 Å². The third kappa shape index (κ3) is 4.10. The van der Waals surface area contributed by atoms with Gasteiger partial charge in [0.2, 0.25) is 0 Å². The summed E-state index contributed by atoms with van der Waals surface area (Å²) in [7, 11) is 0. The smallest absolute Gasteiger partial charge is 0.324 e. The molecular weight excluding hydrogens is 278 g/mol. The summed E-state index contributed by atoms with van der Waals surface area (Å²) in [6.07, 6.45) is 0. The van der Waals surface area contributed by atoms with Crippen molar-refractivity contribution in [1.82, 2.24) is 5.16 Å². The predicted octanol–water partition coefficient (Wildman–Crippen LogP) is 4.74. The fourth-order valence-electron chi connectivity index (χ4n) is 1.92. The van der Waals surface area contributed by atoms with E-state index >= 15 is 0 Å². The van der Waals surface area contributed by atoms with E-state index in [0.29, 0.717) is 11.7 Å². The van der Waals surface area contributed by atoms with Crippen LogP contribution in [0.25, 0.3) is 0 Å². The Morgan fingerprint density at radius 1 is 1.14 bits per heavy atom. The van der Waals surface area contributed by atoms with Crippen molar-refractivity contribution < 1.29 is 9.32 Å². The largest absolute Gasteiger partial charge is 0.359 e. The number of nitrogens with one attached hydrogen (secondary N) is 2. The van der Waals surface area contributed by atoms with Gasteiger partial charge in [0, 0.05) is 17.2 Å². The monoisotopic (exact) mass is 301 g/mol. The third-order valence-electron chi connectivity index (χ3n) is 3.33. The highest BCUT2D eigenvalue weighted by molar-refractivity contribution is 5.99. The van der Waals surface area contributed by atoms with E-state index in [4.69, 9.17) is 4.52 Å². The van der Waals surface area contributed by atoms with E-state index in [-0.39, 0.29) is 11.4 Å². The Morgan fingerprint density at radius 2 is 1.77 bits per heavy atom. The van der Waals surface area contributed by atoms with Gasteiger partial charge in [-0.05, 0) is 23.6 Å². The van der Waals surface area contributed by atoms with Crippen LogP contribution in [0.4, 0.5) is 16.3 Å². The molecule has 22 heavy (non-hydrogen) atoms. The number of carbonyl (C=O) groups excluding carboxylic acids is 1. The van der Waals surface area contributed by atoms with Crippen LogP contribution in [-0.4, -0.2) is 11.2 Å². The molecule has 0 atom stereocenters. The van der Waals surface area contributed by atoms with Crippen LogP contribution >= 0.6 is 0 Å². The van der Waals surface area contributed by atoms with Gasteiger partial charge in [-0.2, -0.15) is 0 Å². The number of benzene rings is 1. The first kappa shape index (κ1) is 16.1. The number of hydrogen-bond acceptors (Lipinski definition) is 3. The molecular formula is C17H23N3O2. The fraction of sp³-hybridized carbons (Fsp3) is 0.412. The zero-order chi connectivity index (χ0) is 16.3. The average molecular weight is 301 g/mol. The molecule has 0 aliphatic heterocycles. The number of nitrogens with zero attached hydrogens (tertiary/aromatic N) is 1. The minimum atomic E-state index is -0.342. The van der Waals surface area contributed by atoms with Crippen LogP contribution in [0, 0.1) is 0 Å². The minimum Gasteiger partial charge on any atom is -0.359 e. The summed E-state index contributed by atoms with van der Waals surface area (Å²) < 4.78 is 5.23. The maximum atomic E-state index is 12.0. The highest BCUT2D eigenvalue weighted by Crippen LogP contribution is 2.24. The van der Waals surface area contributed by atoms with Crippen molar-refractivity contribution in [1.29, 1.82) is 0 Å². The molecule has 1 heterocycles. The molecule has 2 amide bonds. The van der Waals surface area contributed by atoms with Gasteiger partial charge in [0.05, 0.1) is 0 Å². The van der Waals surface area contributed by atoms with E-state index in [9.17, 15) is 4.79 Å². The average Bonchev–Trinajstić information content (AvgIpc) is 2.87. The van der Waals surface area contributed by atoms with E-state index in [1.54, 1.807) is 6.07 Å². The molecule has 5 heteroatoms. The van der Waals surface area contributed by atoms with Crippen molar-refractivity contribution in [3.63, 3.8) is 0 Å². The minimum absolute atomic E-state index is 0.143. The molecule has 0 saturated carbocycles. The van der Waals surface area contributed by atoms with Crippen LogP contribution in [0.2, 0.25) is 0 Å². The highest BCUT2D eigenvalue weighted by atomic mass is 16.5. The molecule has 0 fully saturated rings. The quantitative estimate of drug-likeness (QED) is 0.860. The standard InChI is InChI=1S/C17H23N3O2/c1-11(2)12-6-8-13(9-7-12)18-16(21)19-15-10-14(22-20-15)17(3,4)5/h6-11H,1-5H3,(H2,18,19,20,21). The fourth-order valence-corrected chi connectivity index (χ4v) is 1.92. The molecule has 0 radical (unpaired) electrons. The predicted molar refractivity (Wildman–Crippen MR) is 88.4 cm³/mol. The van der Waals surface area contributed by atoms with Crippen molar-refractivity contribution in [2.24, 2.45) is 0 Å². The lowest BCUT2D eigenvalue weighted by molar-refractivity contribution is 0.262. The first-order valence-electron chi connectivity index (χ1n) is 7.41. The summed E-state index contributed by atoms with van der Waals surface area (Å²) >= 11 is 0. The van der Waals surface area contributed by atoms with Gasteiger partial charge in [0.25, 0.3) is 0 Å². The number of aromatic nitrogens is 1. The van der Waals surface area contributed by atoms with Crippen molar-refractivity contribution in [2.75, 3.05) is 10.6 Å². The molecule has 0 saturated heterocycles. The number of carbonyl (C=O) groups is 1. The molecule has 118 valence electrons. The van der Waals surface area contributed by atoms with Crippen molar-refractivity contribution in [2.45, 2.75) is 46.0 Å². The summed E-state index contributed by atoms with van der Waals surface area (Å²) in [6.45, 7) is 10.3. The maximum Gasteiger partial charge on any atom is 0.324 e. The molecule has 1 aromatic carbocycles. The van der Waals surface area contributed by atoms with E-state index in [0.717, 1.165) is 11.4 Å². The Hall–Kier alpha value is -2.30. The Kier molecular flexibility index (Phi) is 4.54. The van der Waals surface area contributed by atoms with Gasteiger partial charge < -0.3 is 9.84 Å². The molecule has 0 aliphatic carbocycles. The lowest BCUT2D eigenvalue weighted by Gasteiger charge is -2.12. The van der Waals surface area contributed by atoms with E-state index in [1.807, 2.05) is 45.0 Å². The zero-order valence-electron chi connectivity index (χ0n) is 13.7. The Balaban J connectivity index is 1.96. The Labute approximate surface area is 131 Å². The summed E-state index contributed by atoms with van der Waals surface area (Å²) in [5, 5.41) is 9.29. The van der Waals surface area contributed by atoms with Gasteiger partial charge in [0.15, 0.2) is 5.82 Å². The lowest BCUT2D eigenvalue weighted by Crippen LogP contribution is -2.19. The lowest BCUT2D eigenvalue weighted by atomic mass is 9.93. The highest BCUT2D eigenvalue weighted by Gasteiger charge is 2.20. The first-order valence-corrected chi connectivity index (χ1v) is 7.41. The van der Waals surface area contributed by atoms with E-state index in [2.05, 4.69) is 29.6 Å². The van der Waals surface area contributed by atoms with Crippen LogP contribution in [0.15, 0.2) is 34.9 Å². The van der Waals surface area contributed by atoms with Crippen LogP contribution in [0.3, 0.4) is 0 Å². The second kappa shape index (κ2) is 6.22. The van der Waals surface area contributed by atoms with Gasteiger partial charge in [-0.15, -0.1) is 0 Å². The molecule has 1 aromatic heterocycles. The van der Waals surface area contributed by atoms with Crippen molar-refractivity contribution >= 4 is 17.5 Å². The van der Waals surface area contributed by atoms with Crippen LogP contribution < -0.4 is 10.6 Å². The molecule has 5 nitrogen and oxygen atoms in total. The second-order valence-electron chi connectivity index (χ2n) is 6.68. The Morgan fingerprint density at radius 3 is 2.27 bits per heavy atom. The number of amides is 2. The molecule has 2 aromatic rings. The third-order valence-corrected chi connectivity index (χ3v) is 3.33. The number of hydrogen-bond donors (Lipinski definition) is 2. The van der Waals surface area contributed by atoms with Gasteiger partial charge in [0.1, 0.15) is 5.76 Å². The topological polar surface area (TPSA) is 67.2 Å². The van der Waals surface area contributed by atoms with Crippen LogP contribution in [0.5, 0.6) is 0 Å². The molecule has 0 unspecified atom stereocenters. The van der Waals surface area contributed by atoms with E-state index in [1.165, 1.54) is 5.56 Å². The normalized spacial score (nSPS) is 11.5. The zero-order valence-corrected chi connectivity index (χ0v) is 13.7. The van der Waals surface area contributed by atoms with Gasteiger partial charge in [-0.1, -0.05) is 51.9 Å². The molecule has 0 bridgehead atoms. The maximum absolute atomic E-state index is 12.0. The number of anilines is 2. The van der Waals surface area contributed by atoms with Crippen LogP contribution in [-0.2, 0) is 5.41 Å².